The van der Waals surface area contributed by atoms with Crippen LogP contribution in [0.2, 0.25) is 0 Å². The predicted octanol–water partition coefficient (Wildman–Crippen LogP) is 2.75. The molecule has 2 aromatic carbocycles. The number of carbonyl (C=O) groups excluding carboxylic acids is 1. The summed E-state index contributed by atoms with van der Waals surface area (Å²) in [4.78, 5) is 29.3. The van der Waals surface area contributed by atoms with Crippen LogP contribution in [0.4, 0.5) is 0 Å². The molecule has 6 nitrogen and oxygen atoms in total. The molecule has 0 aliphatic heterocycles. The Morgan fingerprint density at radius 3 is 2.22 bits per heavy atom. The maximum atomic E-state index is 13.1. The van der Waals surface area contributed by atoms with Gasteiger partial charge in [-0.05, 0) is 38.0 Å². The van der Waals surface area contributed by atoms with Gasteiger partial charge in [0.1, 0.15) is 0 Å². The van der Waals surface area contributed by atoms with Crippen LogP contribution in [-0.2, 0) is 0 Å². The Morgan fingerprint density at radius 2 is 1.63 bits per heavy atom. The Bertz CT molecular complexity index is 1110. The first-order valence-corrected chi connectivity index (χ1v) is 8.16. The number of benzene rings is 2. The molecular weight excluding hydrogens is 364 g/mol. The third-order valence-corrected chi connectivity index (χ3v) is 4.31. The number of hydrogen-bond acceptors (Lipinski definition) is 2. The fraction of sp³-hybridized carbons (Fsp3) is 0.150. The van der Waals surface area contributed by atoms with E-state index in [0.29, 0.717) is 10.8 Å². The highest BCUT2D eigenvalue weighted by atomic mass is 35.5. The third kappa shape index (κ3) is 3.71. The number of carbonyl (C=O) groups is 1. The number of para-hydroxylation sites is 1. The summed E-state index contributed by atoms with van der Waals surface area (Å²) < 4.78 is 1.50. The van der Waals surface area contributed by atoms with Crippen molar-refractivity contribution in [2.75, 3.05) is 0 Å². The summed E-state index contributed by atoms with van der Waals surface area (Å²) >= 11 is 0. The van der Waals surface area contributed by atoms with Gasteiger partial charge in [0.25, 0.3) is 11.5 Å². The maximum absolute atomic E-state index is 13.1. The van der Waals surface area contributed by atoms with Crippen molar-refractivity contribution < 1.29 is 4.79 Å². The lowest BCUT2D eigenvalue weighted by Gasteiger charge is -2.15. The van der Waals surface area contributed by atoms with Crippen LogP contribution >= 0.6 is 12.4 Å². The number of guanidine groups is 1. The summed E-state index contributed by atoms with van der Waals surface area (Å²) in [5, 5.41) is 0.974. The number of rotatable bonds is 2. The van der Waals surface area contributed by atoms with Crippen LogP contribution in [-0.4, -0.2) is 16.4 Å². The molecule has 0 bridgehead atoms. The van der Waals surface area contributed by atoms with Crippen LogP contribution in [0.15, 0.2) is 52.4 Å². The molecule has 0 atom stereocenters. The van der Waals surface area contributed by atoms with E-state index < -0.39 is 5.91 Å². The molecule has 4 N–H and O–H groups in total. The Hall–Kier alpha value is -3.12. The summed E-state index contributed by atoms with van der Waals surface area (Å²) in [6.07, 6.45) is 1.52. The lowest BCUT2D eigenvalue weighted by Crippen LogP contribution is -2.25. The van der Waals surface area contributed by atoms with Crippen molar-refractivity contribution in [2.45, 2.75) is 20.8 Å². The number of nitrogens with zero attached hydrogens (tertiary/aromatic N) is 2. The Labute approximate surface area is 162 Å². The average Bonchev–Trinajstić information content (AvgIpc) is 2.55. The molecule has 7 heteroatoms. The van der Waals surface area contributed by atoms with Crippen molar-refractivity contribution >= 4 is 35.0 Å². The quantitative estimate of drug-likeness (QED) is 0.523. The Kier molecular flexibility index (Phi) is 5.71. The fourth-order valence-corrected chi connectivity index (χ4v) is 3.15. The molecule has 3 rings (SSSR count). The van der Waals surface area contributed by atoms with E-state index in [4.69, 9.17) is 11.5 Å². The zero-order valence-corrected chi connectivity index (χ0v) is 16.1. The zero-order valence-electron chi connectivity index (χ0n) is 15.3. The van der Waals surface area contributed by atoms with Crippen LogP contribution in [0.1, 0.15) is 27.0 Å². The van der Waals surface area contributed by atoms with E-state index in [0.717, 1.165) is 22.4 Å². The second-order valence-corrected chi connectivity index (χ2v) is 6.35. The van der Waals surface area contributed by atoms with Crippen LogP contribution in [0.25, 0.3) is 16.5 Å². The van der Waals surface area contributed by atoms with E-state index in [1.165, 1.54) is 10.8 Å². The number of pyridine rings is 1. The van der Waals surface area contributed by atoms with Crippen molar-refractivity contribution in [1.82, 2.24) is 4.57 Å². The highest BCUT2D eigenvalue weighted by molar-refractivity contribution is 6.10. The van der Waals surface area contributed by atoms with Crippen molar-refractivity contribution in [3.8, 4) is 5.69 Å². The van der Waals surface area contributed by atoms with Crippen molar-refractivity contribution in [3.63, 3.8) is 0 Å². The number of nitrogens with two attached hydrogens (primary N) is 2. The van der Waals surface area contributed by atoms with Gasteiger partial charge in [-0.25, -0.2) is 0 Å². The van der Waals surface area contributed by atoms with Gasteiger partial charge >= 0.3 is 0 Å². The molecule has 0 radical (unpaired) electrons. The van der Waals surface area contributed by atoms with E-state index in [9.17, 15) is 9.59 Å². The van der Waals surface area contributed by atoms with E-state index in [1.54, 1.807) is 12.1 Å². The molecule has 27 heavy (non-hydrogen) atoms. The average molecular weight is 385 g/mol. The molecule has 0 fully saturated rings. The first-order chi connectivity index (χ1) is 12.3. The van der Waals surface area contributed by atoms with Crippen LogP contribution < -0.4 is 17.0 Å². The van der Waals surface area contributed by atoms with Crippen molar-refractivity contribution in [1.29, 1.82) is 0 Å². The van der Waals surface area contributed by atoms with Crippen molar-refractivity contribution in [3.05, 3.63) is 75.2 Å². The number of fused-ring (bicyclic) bond motifs is 1. The number of halogens is 1. The molecular formula is C20H21ClN4O2. The van der Waals surface area contributed by atoms with Gasteiger partial charge in [-0.15, -0.1) is 12.4 Å². The van der Waals surface area contributed by atoms with E-state index >= 15 is 0 Å². The monoisotopic (exact) mass is 384 g/mol. The summed E-state index contributed by atoms with van der Waals surface area (Å²) in [5.74, 6) is -0.902. The van der Waals surface area contributed by atoms with Gasteiger partial charge in [0.05, 0.1) is 11.3 Å². The topological polar surface area (TPSA) is 103 Å². The lowest BCUT2D eigenvalue weighted by atomic mass is 10.0. The standard InChI is InChI=1S/C20H20N4O2.ClH/c1-11-7-8-14-15(9-11)16(18(25)23-20(21)22)10-24(19(14)26)17-12(2)5-4-6-13(17)3;/h4-10H,1-3H3,(H4,21,22,23,25);1H. The molecule has 0 saturated carbocycles. The van der Waals surface area contributed by atoms with E-state index in [1.807, 2.05) is 45.0 Å². The molecule has 3 aromatic rings. The maximum Gasteiger partial charge on any atom is 0.282 e. The SMILES string of the molecule is Cc1ccc2c(=O)n(-c3c(C)cccc3C)cc(C(=O)N=C(N)N)c2c1.Cl. The molecule has 140 valence electrons. The van der Waals surface area contributed by atoms with Gasteiger partial charge in [-0.2, -0.15) is 4.99 Å². The summed E-state index contributed by atoms with van der Waals surface area (Å²) in [5.41, 5.74) is 14.4. The lowest BCUT2D eigenvalue weighted by molar-refractivity contribution is 0.100. The first kappa shape index (κ1) is 20.2. The van der Waals surface area contributed by atoms with Gasteiger partial charge < -0.3 is 11.5 Å². The molecule has 0 saturated heterocycles. The predicted molar refractivity (Wildman–Crippen MR) is 111 cm³/mol. The number of aromatic nitrogens is 1. The van der Waals surface area contributed by atoms with Gasteiger partial charge in [-0.3, -0.25) is 14.2 Å². The molecule has 1 aromatic heterocycles. The van der Waals surface area contributed by atoms with E-state index in [-0.39, 0.29) is 29.5 Å². The smallest absolute Gasteiger partial charge is 0.282 e. The number of aliphatic imine (C=N–C) groups is 1. The number of hydrogen-bond donors (Lipinski definition) is 2. The normalized spacial score (nSPS) is 10.3. The highest BCUT2D eigenvalue weighted by Gasteiger charge is 2.17. The summed E-state index contributed by atoms with van der Waals surface area (Å²) in [6.45, 7) is 5.74. The largest absolute Gasteiger partial charge is 0.370 e. The Balaban J connectivity index is 0.00000261. The van der Waals surface area contributed by atoms with E-state index in [2.05, 4.69) is 4.99 Å². The molecule has 0 spiro atoms. The minimum Gasteiger partial charge on any atom is -0.370 e. The molecule has 1 amide bonds. The number of aryl methyl sites for hydroxylation is 3. The second-order valence-electron chi connectivity index (χ2n) is 6.35. The van der Waals surface area contributed by atoms with Gasteiger partial charge in [0.15, 0.2) is 5.96 Å². The summed E-state index contributed by atoms with van der Waals surface area (Å²) in [7, 11) is 0. The van der Waals surface area contributed by atoms with Crippen LogP contribution in [0.3, 0.4) is 0 Å². The van der Waals surface area contributed by atoms with Gasteiger partial charge in [0, 0.05) is 17.0 Å². The Morgan fingerprint density at radius 1 is 1.00 bits per heavy atom. The molecule has 0 aliphatic carbocycles. The second kappa shape index (κ2) is 7.63. The van der Waals surface area contributed by atoms with Gasteiger partial charge in [-0.1, -0.05) is 35.9 Å². The first-order valence-electron chi connectivity index (χ1n) is 8.16. The molecule has 1 heterocycles. The fourth-order valence-electron chi connectivity index (χ4n) is 3.15. The van der Waals surface area contributed by atoms with Crippen molar-refractivity contribution in [2.24, 2.45) is 16.5 Å². The minimum absolute atomic E-state index is 0. The van der Waals surface area contributed by atoms with Crippen LogP contribution in [0.5, 0.6) is 0 Å². The van der Waals surface area contributed by atoms with Crippen LogP contribution in [0, 0.1) is 20.8 Å². The zero-order chi connectivity index (χ0) is 19.0. The third-order valence-electron chi connectivity index (χ3n) is 4.31. The highest BCUT2D eigenvalue weighted by Crippen LogP contribution is 2.23. The number of amides is 1. The molecule has 0 aliphatic rings. The minimum atomic E-state index is -0.583. The van der Waals surface area contributed by atoms with Gasteiger partial charge in [0.2, 0.25) is 0 Å². The molecule has 0 unspecified atom stereocenters. The summed E-state index contributed by atoms with van der Waals surface area (Å²) in [6, 6.07) is 11.1.